The van der Waals surface area contributed by atoms with Crippen LogP contribution in [0.4, 0.5) is 0 Å². The van der Waals surface area contributed by atoms with Gasteiger partial charge < -0.3 is 10.2 Å². The third kappa shape index (κ3) is 4.32. The summed E-state index contributed by atoms with van der Waals surface area (Å²) >= 11 is 0. The van der Waals surface area contributed by atoms with Gasteiger partial charge in [0.05, 0.1) is 35.3 Å². The number of nitriles is 1. The third-order valence-corrected chi connectivity index (χ3v) is 4.86. The number of rotatable bonds is 6. The Bertz CT molecular complexity index is 1260. The summed E-state index contributed by atoms with van der Waals surface area (Å²) < 4.78 is 5.86. The van der Waals surface area contributed by atoms with Gasteiger partial charge in [0.2, 0.25) is 5.89 Å². The molecule has 4 rings (SSSR count). The van der Waals surface area contributed by atoms with E-state index in [2.05, 4.69) is 31.2 Å². The molecule has 0 unspecified atom stereocenters. The Morgan fingerprint density at radius 3 is 2.65 bits per heavy atom. The van der Waals surface area contributed by atoms with Gasteiger partial charge in [0.15, 0.2) is 0 Å². The minimum Gasteiger partial charge on any atom is -0.415 e. The van der Waals surface area contributed by atoms with Crippen molar-refractivity contribution >= 4 is 0 Å². The third-order valence-electron chi connectivity index (χ3n) is 4.86. The van der Waals surface area contributed by atoms with Crippen LogP contribution in [0.3, 0.4) is 0 Å². The first kappa shape index (κ1) is 20.3. The molecule has 4 aromatic rings. The van der Waals surface area contributed by atoms with E-state index in [1.54, 1.807) is 18.6 Å². The van der Waals surface area contributed by atoms with E-state index in [9.17, 15) is 5.26 Å². The van der Waals surface area contributed by atoms with Crippen LogP contribution in [-0.2, 0) is 11.8 Å². The molecule has 8 nitrogen and oxygen atoms in total. The fraction of sp³-hybridized carbons (Fsp3) is 0.217. The molecule has 2 N–H and O–H groups in total. The van der Waals surface area contributed by atoms with Crippen LogP contribution in [0.5, 0.6) is 0 Å². The fourth-order valence-electron chi connectivity index (χ4n) is 3.07. The highest BCUT2D eigenvalue weighted by Crippen LogP contribution is 2.27. The monoisotopic (exact) mass is 411 g/mol. The van der Waals surface area contributed by atoms with Gasteiger partial charge in [0.25, 0.3) is 5.89 Å². The van der Waals surface area contributed by atoms with Gasteiger partial charge in [-0.05, 0) is 56.6 Å². The Hall–Kier alpha value is -3.96. The van der Waals surface area contributed by atoms with Crippen LogP contribution < -0.4 is 5.73 Å². The van der Waals surface area contributed by atoms with E-state index >= 15 is 0 Å². The second kappa shape index (κ2) is 8.42. The molecule has 8 heteroatoms. The maximum absolute atomic E-state index is 9.39. The van der Waals surface area contributed by atoms with Gasteiger partial charge in [0, 0.05) is 17.3 Å². The first-order chi connectivity index (χ1) is 15.0. The normalized spacial score (nSPS) is 11.3. The largest absolute Gasteiger partial charge is 0.415 e. The zero-order chi connectivity index (χ0) is 21.8. The van der Waals surface area contributed by atoms with E-state index in [1.165, 1.54) is 0 Å². The van der Waals surface area contributed by atoms with Gasteiger partial charge in [-0.3, -0.25) is 9.97 Å². The lowest BCUT2D eigenvalue weighted by atomic mass is 9.90. The zero-order valence-electron chi connectivity index (χ0n) is 17.3. The van der Waals surface area contributed by atoms with E-state index in [1.807, 2.05) is 50.2 Å². The van der Waals surface area contributed by atoms with Gasteiger partial charge in [-0.2, -0.15) is 5.26 Å². The van der Waals surface area contributed by atoms with Crippen molar-refractivity contribution in [2.45, 2.75) is 25.7 Å². The summed E-state index contributed by atoms with van der Waals surface area (Å²) in [6.07, 6.45) is 5.67. The molecule has 3 aromatic heterocycles. The Kier molecular flexibility index (Phi) is 5.52. The topological polar surface area (TPSA) is 127 Å². The van der Waals surface area contributed by atoms with Crippen LogP contribution in [0.1, 0.15) is 25.1 Å². The van der Waals surface area contributed by atoms with Crippen LogP contribution in [0.15, 0.2) is 59.4 Å². The Labute approximate surface area is 179 Å². The quantitative estimate of drug-likeness (QED) is 0.510. The number of pyridine rings is 1. The van der Waals surface area contributed by atoms with E-state index in [0.717, 1.165) is 23.1 Å². The highest BCUT2D eigenvalue weighted by atomic mass is 16.4. The Balaban J connectivity index is 1.65. The molecule has 0 spiro atoms. The minimum absolute atomic E-state index is 0.278. The van der Waals surface area contributed by atoms with Crippen molar-refractivity contribution in [1.82, 2.24) is 25.1 Å². The molecule has 0 aliphatic rings. The molecular weight excluding hydrogens is 390 g/mol. The summed E-state index contributed by atoms with van der Waals surface area (Å²) in [5.74, 6) is 0.684. The van der Waals surface area contributed by atoms with Crippen molar-refractivity contribution in [2.24, 2.45) is 5.73 Å². The Morgan fingerprint density at radius 2 is 1.84 bits per heavy atom. The molecule has 0 fully saturated rings. The molecular formula is C23H21N7O. The van der Waals surface area contributed by atoms with Crippen molar-refractivity contribution in [3.8, 4) is 40.4 Å². The number of benzene rings is 1. The van der Waals surface area contributed by atoms with E-state index in [4.69, 9.17) is 10.2 Å². The lowest BCUT2D eigenvalue weighted by Crippen LogP contribution is -2.15. The summed E-state index contributed by atoms with van der Waals surface area (Å²) in [4.78, 5) is 13.2. The molecule has 0 saturated heterocycles. The van der Waals surface area contributed by atoms with Gasteiger partial charge in [-0.25, -0.2) is 4.98 Å². The lowest BCUT2D eigenvalue weighted by molar-refractivity contribution is 0.581. The van der Waals surface area contributed by atoms with Gasteiger partial charge >= 0.3 is 0 Å². The predicted molar refractivity (Wildman–Crippen MR) is 115 cm³/mol. The summed E-state index contributed by atoms with van der Waals surface area (Å²) in [5, 5.41) is 17.7. The minimum atomic E-state index is -0.707. The molecule has 3 heterocycles. The number of nitrogens with two attached hydrogens (primary N) is 1. The molecule has 0 amide bonds. The summed E-state index contributed by atoms with van der Waals surface area (Å²) in [6, 6.07) is 13.8. The second-order valence-electron chi connectivity index (χ2n) is 7.61. The highest BCUT2D eigenvalue weighted by Gasteiger charge is 2.22. The van der Waals surface area contributed by atoms with Gasteiger partial charge in [0.1, 0.15) is 5.69 Å². The number of hydrogen-bond donors (Lipinski definition) is 1. The fourth-order valence-corrected chi connectivity index (χ4v) is 3.07. The molecule has 154 valence electrons. The summed E-state index contributed by atoms with van der Waals surface area (Å²) in [5.41, 5.74) is 9.43. The number of hydrogen-bond acceptors (Lipinski definition) is 8. The van der Waals surface area contributed by atoms with Crippen molar-refractivity contribution in [1.29, 1.82) is 5.26 Å². The molecule has 0 aliphatic heterocycles. The molecule has 0 bridgehead atoms. The van der Waals surface area contributed by atoms with Crippen molar-refractivity contribution in [2.75, 3.05) is 6.54 Å². The lowest BCUT2D eigenvalue weighted by Gasteiger charge is -2.15. The highest BCUT2D eigenvalue weighted by molar-refractivity contribution is 5.62. The maximum Gasteiger partial charge on any atom is 0.268 e. The number of aromatic nitrogens is 5. The molecule has 0 saturated carbocycles. The molecule has 31 heavy (non-hydrogen) atoms. The van der Waals surface area contributed by atoms with Crippen molar-refractivity contribution < 1.29 is 4.42 Å². The SMILES string of the molecule is CC(C)(C#N)c1cc(-c2cncc(-c3nnc(-c4cccc(CCN)c4)o3)n2)ccn1. The summed E-state index contributed by atoms with van der Waals surface area (Å²) in [6.45, 7) is 4.22. The first-order valence-electron chi connectivity index (χ1n) is 9.83. The zero-order valence-corrected chi connectivity index (χ0v) is 17.3. The van der Waals surface area contributed by atoms with Crippen LogP contribution >= 0.6 is 0 Å². The molecule has 0 radical (unpaired) electrons. The van der Waals surface area contributed by atoms with Gasteiger partial charge in [-0.1, -0.05) is 12.1 Å². The van der Waals surface area contributed by atoms with Crippen LogP contribution in [0, 0.1) is 11.3 Å². The second-order valence-corrected chi connectivity index (χ2v) is 7.61. The predicted octanol–water partition coefficient (Wildman–Crippen LogP) is 3.56. The van der Waals surface area contributed by atoms with Crippen LogP contribution in [0.2, 0.25) is 0 Å². The smallest absolute Gasteiger partial charge is 0.268 e. The maximum atomic E-state index is 9.39. The molecule has 1 aromatic carbocycles. The van der Waals surface area contributed by atoms with Gasteiger partial charge in [-0.15, -0.1) is 10.2 Å². The van der Waals surface area contributed by atoms with E-state index in [0.29, 0.717) is 29.5 Å². The van der Waals surface area contributed by atoms with Crippen molar-refractivity contribution in [3.63, 3.8) is 0 Å². The number of nitrogens with zero attached hydrogens (tertiary/aromatic N) is 6. The Morgan fingerprint density at radius 1 is 1.03 bits per heavy atom. The first-order valence-corrected chi connectivity index (χ1v) is 9.83. The summed E-state index contributed by atoms with van der Waals surface area (Å²) in [7, 11) is 0. The molecule has 0 aliphatic carbocycles. The average Bonchev–Trinajstić information content (AvgIpc) is 3.30. The standard InChI is InChI=1S/C23H21N7O/c1-23(2,14-25)20-11-16(7-9-27-20)18-12-26-13-19(28-18)22-30-29-21(31-22)17-5-3-4-15(10-17)6-8-24/h3-5,7,9-13H,6,8,24H2,1-2H3. The van der Waals surface area contributed by atoms with E-state index in [-0.39, 0.29) is 5.89 Å². The molecule has 0 atom stereocenters. The van der Waals surface area contributed by atoms with E-state index < -0.39 is 5.41 Å². The average molecular weight is 411 g/mol. The van der Waals surface area contributed by atoms with Crippen molar-refractivity contribution in [3.05, 3.63) is 66.2 Å². The van der Waals surface area contributed by atoms with Crippen LogP contribution in [0.25, 0.3) is 34.3 Å². The van der Waals surface area contributed by atoms with Crippen LogP contribution in [-0.4, -0.2) is 31.7 Å².